The first-order chi connectivity index (χ1) is 17.5. The van der Waals surface area contributed by atoms with Gasteiger partial charge in [0, 0.05) is 28.6 Å². The Labute approximate surface area is 207 Å². The predicted molar refractivity (Wildman–Crippen MR) is 135 cm³/mol. The summed E-state index contributed by atoms with van der Waals surface area (Å²) in [7, 11) is 0. The third kappa shape index (κ3) is 4.69. The van der Waals surface area contributed by atoms with E-state index in [9.17, 15) is 9.90 Å². The number of ether oxygens (including phenoxy) is 1. The molecule has 0 aliphatic heterocycles. The van der Waals surface area contributed by atoms with E-state index in [1.54, 1.807) is 24.3 Å². The molecule has 2 heterocycles. The average Bonchev–Trinajstić information content (AvgIpc) is 3.43. The molecule has 3 aromatic carbocycles. The molecule has 0 aliphatic carbocycles. The second-order valence-electron chi connectivity index (χ2n) is 8.37. The van der Waals surface area contributed by atoms with Gasteiger partial charge in [-0.15, -0.1) is 10.2 Å². The summed E-state index contributed by atoms with van der Waals surface area (Å²) >= 11 is 0. The zero-order valence-electron chi connectivity index (χ0n) is 19.8. The standard InChI is InChI=1S/C28H23N5O3/c1-17-14-25(26(18(2)29-17)21-9-11-22(12-10-21)28(34)35)36-16-19-8-13-23(20-6-4-3-5-7-20)24(15-19)27-30-32-33-31-27/h3-15H,16H2,1-2H3,(H,34,35)(H,30,31,32,33). The summed E-state index contributed by atoms with van der Waals surface area (Å²) in [6, 6.07) is 24.7. The molecule has 2 aromatic heterocycles. The van der Waals surface area contributed by atoms with Crippen molar-refractivity contribution in [1.82, 2.24) is 25.6 Å². The van der Waals surface area contributed by atoms with Gasteiger partial charge in [0.1, 0.15) is 12.4 Å². The highest BCUT2D eigenvalue weighted by Crippen LogP contribution is 2.35. The van der Waals surface area contributed by atoms with E-state index >= 15 is 0 Å². The summed E-state index contributed by atoms with van der Waals surface area (Å²) in [5, 5.41) is 23.9. The van der Waals surface area contributed by atoms with Crippen LogP contribution >= 0.6 is 0 Å². The van der Waals surface area contributed by atoms with E-state index in [2.05, 4.69) is 25.6 Å². The number of nitrogens with zero attached hydrogens (tertiary/aromatic N) is 4. The number of carboxylic acid groups (broad SMARTS) is 1. The lowest BCUT2D eigenvalue weighted by Crippen LogP contribution is -2.02. The summed E-state index contributed by atoms with van der Waals surface area (Å²) in [4.78, 5) is 15.9. The van der Waals surface area contributed by atoms with Crippen molar-refractivity contribution in [2.45, 2.75) is 20.5 Å². The normalized spacial score (nSPS) is 10.8. The van der Waals surface area contributed by atoms with Crippen LogP contribution in [0.1, 0.15) is 27.3 Å². The maximum absolute atomic E-state index is 11.3. The van der Waals surface area contributed by atoms with Crippen LogP contribution in [0.2, 0.25) is 0 Å². The number of benzene rings is 3. The quantitative estimate of drug-likeness (QED) is 0.319. The molecule has 5 rings (SSSR count). The molecule has 0 saturated carbocycles. The lowest BCUT2D eigenvalue weighted by atomic mass is 9.97. The fraction of sp³-hybridized carbons (Fsp3) is 0.107. The van der Waals surface area contributed by atoms with E-state index in [-0.39, 0.29) is 5.56 Å². The smallest absolute Gasteiger partial charge is 0.335 e. The van der Waals surface area contributed by atoms with E-state index in [1.165, 1.54) is 0 Å². The Bertz CT molecular complexity index is 1520. The minimum atomic E-state index is -0.965. The van der Waals surface area contributed by atoms with Crippen LogP contribution in [0.4, 0.5) is 0 Å². The highest BCUT2D eigenvalue weighted by Gasteiger charge is 2.16. The molecule has 0 radical (unpaired) electrons. The number of aromatic amines is 1. The second-order valence-corrected chi connectivity index (χ2v) is 8.37. The number of aromatic carboxylic acids is 1. The van der Waals surface area contributed by atoms with Crippen LogP contribution < -0.4 is 4.74 Å². The van der Waals surface area contributed by atoms with Gasteiger partial charge >= 0.3 is 5.97 Å². The number of carboxylic acids is 1. The number of nitrogens with one attached hydrogen (secondary N) is 1. The van der Waals surface area contributed by atoms with Gasteiger partial charge in [-0.25, -0.2) is 4.79 Å². The summed E-state index contributed by atoms with van der Waals surface area (Å²) in [6.07, 6.45) is 0. The lowest BCUT2D eigenvalue weighted by Gasteiger charge is -2.16. The number of carbonyl (C=O) groups is 1. The number of pyridine rings is 1. The Balaban J connectivity index is 1.48. The van der Waals surface area contributed by atoms with Crippen LogP contribution in [0.3, 0.4) is 0 Å². The third-order valence-electron chi connectivity index (χ3n) is 5.86. The van der Waals surface area contributed by atoms with Crippen molar-refractivity contribution in [2.24, 2.45) is 0 Å². The number of hydrogen-bond acceptors (Lipinski definition) is 6. The van der Waals surface area contributed by atoms with Crippen molar-refractivity contribution in [2.75, 3.05) is 0 Å². The topological polar surface area (TPSA) is 114 Å². The molecular formula is C28H23N5O3. The van der Waals surface area contributed by atoms with Crippen LogP contribution in [0, 0.1) is 13.8 Å². The molecule has 0 fully saturated rings. The van der Waals surface area contributed by atoms with Gasteiger partial charge in [-0.05, 0) is 59.5 Å². The molecule has 5 aromatic rings. The van der Waals surface area contributed by atoms with Crippen LogP contribution in [0.25, 0.3) is 33.6 Å². The molecule has 2 N–H and O–H groups in total. The second kappa shape index (κ2) is 9.79. The fourth-order valence-electron chi connectivity index (χ4n) is 4.21. The van der Waals surface area contributed by atoms with E-state index in [0.29, 0.717) is 18.2 Å². The van der Waals surface area contributed by atoms with Gasteiger partial charge in [-0.1, -0.05) is 54.6 Å². The van der Waals surface area contributed by atoms with Crippen molar-refractivity contribution >= 4 is 5.97 Å². The van der Waals surface area contributed by atoms with Gasteiger partial charge in [0.25, 0.3) is 0 Å². The molecule has 0 atom stereocenters. The number of aromatic nitrogens is 5. The number of aryl methyl sites for hydroxylation is 2. The lowest BCUT2D eigenvalue weighted by molar-refractivity contribution is 0.0697. The van der Waals surface area contributed by atoms with Crippen LogP contribution in [0.15, 0.2) is 78.9 Å². The first kappa shape index (κ1) is 22.9. The van der Waals surface area contributed by atoms with Crippen LogP contribution in [0.5, 0.6) is 5.75 Å². The first-order valence-corrected chi connectivity index (χ1v) is 11.4. The molecule has 0 aliphatic rings. The van der Waals surface area contributed by atoms with Crippen molar-refractivity contribution in [1.29, 1.82) is 0 Å². The average molecular weight is 478 g/mol. The Hall–Kier alpha value is -4.85. The predicted octanol–water partition coefficient (Wildman–Crippen LogP) is 5.49. The van der Waals surface area contributed by atoms with E-state index in [4.69, 9.17) is 4.74 Å². The van der Waals surface area contributed by atoms with Gasteiger partial charge in [0.2, 0.25) is 5.82 Å². The molecule has 0 amide bonds. The Kier molecular flexibility index (Phi) is 6.23. The Morgan fingerprint density at radius 1 is 0.917 bits per heavy atom. The zero-order chi connectivity index (χ0) is 25.1. The minimum absolute atomic E-state index is 0.228. The molecule has 0 saturated heterocycles. The number of rotatable bonds is 7. The van der Waals surface area contributed by atoms with E-state index in [1.807, 2.05) is 68.4 Å². The SMILES string of the molecule is Cc1cc(OCc2ccc(-c3ccccc3)c(-c3nn[nH]n3)c2)c(-c2ccc(C(=O)O)cc2)c(C)n1. The first-order valence-electron chi connectivity index (χ1n) is 11.4. The summed E-state index contributed by atoms with van der Waals surface area (Å²) in [5.41, 5.74) is 7.37. The highest BCUT2D eigenvalue weighted by molar-refractivity contribution is 5.88. The highest BCUT2D eigenvalue weighted by atomic mass is 16.5. The molecule has 8 nitrogen and oxygen atoms in total. The minimum Gasteiger partial charge on any atom is -0.488 e. The van der Waals surface area contributed by atoms with Crippen LogP contribution in [-0.4, -0.2) is 36.7 Å². The third-order valence-corrected chi connectivity index (χ3v) is 5.86. The summed E-state index contributed by atoms with van der Waals surface area (Å²) in [6.45, 7) is 4.15. The Morgan fingerprint density at radius 2 is 1.69 bits per heavy atom. The molecule has 0 bridgehead atoms. The largest absolute Gasteiger partial charge is 0.488 e. The maximum atomic E-state index is 11.3. The van der Waals surface area contributed by atoms with Gasteiger partial charge < -0.3 is 9.84 Å². The zero-order valence-corrected chi connectivity index (χ0v) is 19.8. The van der Waals surface area contributed by atoms with Gasteiger partial charge in [-0.3, -0.25) is 4.98 Å². The van der Waals surface area contributed by atoms with Crippen molar-refractivity contribution < 1.29 is 14.6 Å². The number of tetrazole rings is 1. The van der Waals surface area contributed by atoms with Gasteiger partial charge in [0.05, 0.1) is 5.56 Å². The van der Waals surface area contributed by atoms with Gasteiger partial charge in [-0.2, -0.15) is 5.21 Å². The summed E-state index contributed by atoms with van der Waals surface area (Å²) < 4.78 is 6.31. The Morgan fingerprint density at radius 3 is 2.39 bits per heavy atom. The van der Waals surface area contributed by atoms with Gasteiger partial charge in [0.15, 0.2) is 0 Å². The number of hydrogen-bond donors (Lipinski definition) is 2. The summed E-state index contributed by atoms with van der Waals surface area (Å²) in [5.74, 6) is 0.218. The van der Waals surface area contributed by atoms with E-state index < -0.39 is 5.97 Å². The maximum Gasteiger partial charge on any atom is 0.335 e. The van der Waals surface area contributed by atoms with Crippen molar-refractivity contribution in [3.8, 4) is 39.4 Å². The number of H-pyrrole nitrogens is 1. The van der Waals surface area contributed by atoms with Crippen molar-refractivity contribution in [3.05, 3.63) is 101 Å². The van der Waals surface area contributed by atoms with Crippen molar-refractivity contribution in [3.63, 3.8) is 0 Å². The molecule has 36 heavy (non-hydrogen) atoms. The molecule has 0 spiro atoms. The van der Waals surface area contributed by atoms with E-state index in [0.717, 1.165) is 44.8 Å². The molecule has 0 unspecified atom stereocenters. The van der Waals surface area contributed by atoms with Crippen LogP contribution in [-0.2, 0) is 6.61 Å². The molecule has 8 heteroatoms. The molecular weight excluding hydrogens is 454 g/mol. The monoisotopic (exact) mass is 477 g/mol. The molecule has 178 valence electrons. The fourth-order valence-corrected chi connectivity index (χ4v) is 4.21.